The van der Waals surface area contributed by atoms with Gasteiger partial charge >= 0.3 is 0 Å². The summed E-state index contributed by atoms with van der Waals surface area (Å²) >= 11 is 0. The molecule has 6 aliphatic rings. The van der Waals surface area contributed by atoms with Gasteiger partial charge in [-0.25, -0.2) is 0 Å². The van der Waals surface area contributed by atoms with Crippen molar-refractivity contribution in [3.05, 3.63) is 64.2 Å². The van der Waals surface area contributed by atoms with Crippen LogP contribution >= 0.6 is 0 Å². The van der Waals surface area contributed by atoms with Crippen molar-refractivity contribution in [3.63, 3.8) is 0 Å². The number of phenols is 2. The second-order valence-corrected chi connectivity index (χ2v) is 14.0. The number of carbonyl (C=O) groups is 2. The lowest BCUT2D eigenvalue weighted by molar-refractivity contribution is -0.129. The van der Waals surface area contributed by atoms with Crippen LogP contribution in [-0.4, -0.2) is 21.8 Å². The van der Waals surface area contributed by atoms with E-state index in [0.717, 1.165) is 70.6 Å². The number of allylic oxidation sites excluding steroid dienone is 2. The lowest BCUT2D eigenvalue weighted by Crippen LogP contribution is -2.42. The molecular formula is C36H42O4. The monoisotopic (exact) mass is 538 g/mol. The van der Waals surface area contributed by atoms with Crippen molar-refractivity contribution in [1.29, 1.82) is 0 Å². The second kappa shape index (κ2) is 9.33. The lowest BCUT2D eigenvalue weighted by Gasteiger charge is -2.48. The Balaban J connectivity index is 0.000000132. The number of carbonyl (C=O) groups excluding carboxylic acids is 2. The number of aryl methyl sites for hydroxylation is 2. The standard InChI is InChI=1S/C18H22O2.C18H20O2/c2*1-18-9-8-14-13-5-3-12(19)10-11(13)2-4-15(14)16(18)6-7-17(18)20/h3,5,10,14-16,19H,2,4,6-9H2,1H3;3,5,10,16,19H,2,4,6-9H2,1H3. The molecule has 0 heterocycles. The van der Waals surface area contributed by atoms with Crippen molar-refractivity contribution in [2.24, 2.45) is 28.6 Å². The number of aromatic hydroxyl groups is 2. The summed E-state index contributed by atoms with van der Waals surface area (Å²) in [6.45, 7) is 4.40. The highest BCUT2D eigenvalue weighted by Crippen LogP contribution is 2.60. The fourth-order valence-corrected chi connectivity index (χ4v) is 10.0. The van der Waals surface area contributed by atoms with E-state index in [2.05, 4.69) is 26.0 Å². The molecule has 6 atom stereocenters. The molecule has 0 bridgehead atoms. The van der Waals surface area contributed by atoms with Crippen LogP contribution < -0.4 is 0 Å². The number of benzene rings is 2. The Morgan fingerprint density at radius 2 is 1.43 bits per heavy atom. The van der Waals surface area contributed by atoms with E-state index >= 15 is 0 Å². The van der Waals surface area contributed by atoms with Crippen molar-refractivity contribution in [2.45, 2.75) is 96.8 Å². The first-order valence-electron chi connectivity index (χ1n) is 15.6. The van der Waals surface area contributed by atoms with Crippen LogP contribution in [0.3, 0.4) is 0 Å². The van der Waals surface area contributed by atoms with Gasteiger partial charge in [0.25, 0.3) is 0 Å². The third-order valence-corrected chi connectivity index (χ3v) is 12.3. The molecule has 6 aliphatic carbocycles. The minimum Gasteiger partial charge on any atom is -0.508 e. The van der Waals surface area contributed by atoms with Gasteiger partial charge in [-0.3, -0.25) is 9.59 Å². The topological polar surface area (TPSA) is 74.6 Å². The van der Waals surface area contributed by atoms with Gasteiger partial charge in [0.1, 0.15) is 23.1 Å². The third kappa shape index (κ3) is 3.84. The Morgan fingerprint density at radius 1 is 0.700 bits per heavy atom. The molecule has 0 aliphatic heterocycles. The number of phenolic OH excluding ortho intramolecular Hbond substituents is 2. The van der Waals surface area contributed by atoms with E-state index < -0.39 is 0 Å². The number of rotatable bonds is 0. The van der Waals surface area contributed by atoms with Gasteiger partial charge in [0, 0.05) is 23.7 Å². The van der Waals surface area contributed by atoms with E-state index in [0.29, 0.717) is 46.7 Å². The van der Waals surface area contributed by atoms with E-state index in [1.165, 1.54) is 34.2 Å². The highest BCUT2D eigenvalue weighted by Gasteiger charge is 2.54. The largest absolute Gasteiger partial charge is 0.508 e. The zero-order chi connectivity index (χ0) is 27.8. The van der Waals surface area contributed by atoms with Crippen molar-refractivity contribution < 1.29 is 19.8 Å². The minimum absolute atomic E-state index is 0.0322. The summed E-state index contributed by atoms with van der Waals surface area (Å²) in [4.78, 5) is 24.5. The van der Waals surface area contributed by atoms with E-state index in [-0.39, 0.29) is 10.8 Å². The van der Waals surface area contributed by atoms with Gasteiger partial charge in [0.05, 0.1) is 0 Å². The van der Waals surface area contributed by atoms with Gasteiger partial charge in [-0.05, 0) is 140 Å². The van der Waals surface area contributed by atoms with Crippen LogP contribution in [0.1, 0.15) is 106 Å². The van der Waals surface area contributed by atoms with Crippen LogP contribution in [0, 0.1) is 28.6 Å². The molecule has 0 aromatic heterocycles. The SMILES string of the molecule is CC12CCC3=C(CCc4cc(O)ccc43)C1CCC2=O.CC12CCC3c4ccc(O)cc4CCC3C1CCC2=O. The van der Waals surface area contributed by atoms with Gasteiger partial charge < -0.3 is 10.2 Å². The first-order chi connectivity index (χ1) is 19.2. The smallest absolute Gasteiger partial charge is 0.139 e. The summed E-state index contributed by atoms with van der Waals surface area (Å²) in [6, 6.07) is 11.7. The first-order valence-corrected chi connectivity index (χ1v) is 15.6. The van der Waals surface area contributed by atoms with Crippen molar-refractivity contribution in [2.75, 3.05) is 0 Å². The van der Waals surface area contributed by atoms with Crippen LogP contribution in [0.15, 0.2) is 42.0 Å². The highest BCUT2D eigenvalue weighted by molar-refractivity contribution is 5.90. The van der Waals surface area contributed by atoms with Gasteiger partial charge in [0.2, 0.25) is 0 Å². The molecule has 3 fully saturated rings. The zero-order valence-corrected chi connectivity index (χ0v) is 24.0. The molecule has 0 amide bonds. The van der Waals surface area contributed by atoms with Crippen molar-refractivity contribution in [3.8, 4) is 11.5 Å². The molecule has 40 heavy (non-hydrogen) atoms. The summed E-state index contributed by atoms with van der Waals surface area (Å²) in [6.07, 6.45) is 12.2. The fourth-order valence-electron chi connectivity index (χ4n) is 10.0. The van der Waals surface area contributed by atoms with Crippen LogP contribution in [0.4, 0.5) is 0 Å². The summed E-state index contributed by atoms with van der Waals surface area (Å²) in [7, 11) is 0. The molecule has 4 heteroatoms. The highest BCUT2D eigenvalue weighted by atomic mass is 16.3. The Labute approximate surface area is 237 Å². The van der Waals surface area contributed by atoms with E-state index in [4.69, 9.17) is 0 Å². The minimum atomic E-state index is -0.0900. The normalized spacial score (nSPS) is 35.5. The summed E-state index contributed by atoms with van der Waals surface area (Å²) in [5, 5.41) is 19.3. The molecule has 210 valence electrons. The molecule has 3 saturated carbocycles. The van der Waals surface area contributed by atoms with E-state index in [1.54, 1.807) is 11.6 Å². The number of hydrogen-bond donors (Lipinski definition) is 2. The molecule has 4 nitrogen and oxygen atoms in total. The molecule has 0 radical (unpaired) electrons. The van der Waals surface area contributed by atoms with Crippen LogP contribution in [0.2, 0.25) is 0 Å². The van der Waals surface area contributed by atoms with Gasteiger partial charge in [-0.15, -0.1) is 0 Å². The Morgan fingerprint density at radius 3 is 2.25 bits per heavy atom. The van der Waals surface area contributed by atoms with Gasteiger partial charge in [0.15, 0.2) is 0 Å². The predicted octanol–water partition coefficient (Wildman–Crippen LogP) is 7.69. The number of ketones is 2. The van der Waals surface area contributed by atoms with Crippen LogP contribution in [-0.2, 0) is 22.4 Å². The predicted molar refractivity (Wildman–Crippen MR) is 156 cm³/mol. The first kappa shape index (κ1) is 26.0. The average molecular weight is 539 g/mol. The summed E-state index contributed by atoms with van der Waals surface area (Å²) < 4.78 is 0. The molecule has 2 aromatic rings. The van der Waals surface area contributed by atoms with Crippen LogP contribution in [0.5, 0.6) is 11.5 Å². The Bertz CT molecular complexity index is 1430. The Kier molecular flexibility index (Phi) is 6.07. The van der Waals surface area contributed by atoms with Gasteiger partial charge in [-0.2, -0.15) is 0 Å². The number of hydrogen-bond acceptors (Lipinski definition) is 4. The number of fused-ring (bicyclic) bond motifs is 9. The van der Waals surface area contributed by atoms with E-state index in [1.807, 2.05) is 18.2 Å². The fraction of sp³-hybridized carbons (Fsp3) is 0.556. The summed E-state index contributed by atoms with van der Waals surface area (Å²) in [5.41, 5.74) is 8.27. The molecule has 6 unspecified atom stereocenters. The second-order valence-electron chi connectivity index (χ2n) is 14.0. The van der Waals surface area contributed by atoms with Crippen molar-refractivity contribution >= 4 is 17.1 Å². The maximum Gasteiger partial charge on any atom is 0.139 e. The molecule has 2 aromatic carbocycles. The van der Waals surface area contributed by atoms with Gasteiger partial charge in [-0.1, -0.05) is 31.6 Å². The molecule has 0 spiro atoms. The molecule has 0 saturated heterocycles. The molecule has 2 N–H and O–H groups in total. The quantitative estimate of drug-likeness (QED) is 0.361. The zero-order valence-electron chi connectivity index (χ0n) is 24.0. The van der Waals surface area contributed by atoms with Crippen LogP contribution in [0.25, 0.3) is 5.57 Å². The molecular weight excluding hydrogens is 496 g/mol. The van der Waals surface area contributed by atoms with E-state index in [9.17, 15) is 19.8 Å². The lowest BCUT2D eigenvalue weighted by atomic mass is 9.55. The summed E-state index contributed by atoms with van der Waals surface area (Å²) in [5.74, 6) is 4.10. The average Bonchev–Trinajstić information content (AvgIpc) is 3.43. The Hall–Kier alpha value is -2.88. The maximum absolute atomic E-state index is 12.3. The number of Topliss-reactive ketones (excluding diaryl/α,β-unsaturated/α-hetero) is 2. The maximum atomic E-state index is 12.3. The molecule has 8 rings (SSSR count). The third-order valence-electron chi connectivity index (χ3n) is 12.3. The van der Waals surface area contributed by atoms with Crippen molar-refractivity contribution in [1.82, 2.24) is 0 Å².